The predicted molar refractivity (Wildman–Crippen MR) is 57.4 cm³/mol. The van der Waals surface area contributed by atoms with Gasteiger partial charge in [-0.15, -0.1) is 0 Å². The van der Waals surface area contributed by atoms with Gasteiger partial charge in [0.05, 0.1) is 6.10 Å². The number of β-amino-alcohol motifs (C(OH)–C–C–N with tert-alkyl or cyclic N) is 1. The lowest BCUT2D eigenvalue weighted by Crippen LogP contribution is -2.21. The second kappa shape index (κ2) is 4.30. The molecule has 3 heteroatoms. The summed E-state index contributed by atoms with van der Waals surface area (Å²) in [4.78, 5) is 2.26. The molecule has 1 aliphatic heterocycles. The number of hydrogen-bond acceptors (Lipinski definition) is 2. The molecule has 1 fully saturated rings. The Morgan fingerprint density at radius 1 is 1.36 bits per heavy atom. The fourth-order valence-electron chi connectivity index (χ4n) is 1.80. The van der Waals surface area contributed by atoms with Gasteiger partial charge in [0.2, 0.25) is 0 Å². The van der Waals surface area contributed by atoms with E-state index in [1.165, 1.54) is 5.56 Å². The van der Waals surface area contributed by atoms with Gasteiger partial charge in [0, 0.05) is 24.7 Å². The number of aliphatic hydroxyl groups is 1. The summed E-state index contributed by atoms with van der Waals surface area (Å²) in [6.07, 6.45) is 0.760. The Balaban J connectivity index is 1.94. The van der Waals surface area contributed by atoms with Gasteiger partial charge in [0.15, 0.2) is 0 Å². The van der Waals surface area contributed by atoms with Gasteiger partial charge in [-0.2, -0.15) is 0 Å². The molecule has 1 N–H and O–H groups in total. The summed E-state index contributed by atoms with van der Waals surface area (Å²) in [6, 6.07) is 7.88. The van der Waals surface area contributed by atoms with Crippen LogP contribution in [0.1, 0.15) is 12.0 Å². The second-order valence-electron chi connectivity index (χ2n) is 3.80. The highest BCUT2D eigenvalue weighted by atomic mass is 35.5. The van der Waals surface area contributed by atoms with E-state index >= 15 is 0 Å². The van der Waals surface area contributed by atoms with Crippen LogP contribution in [0.15, 0.2) is 24.3 Å². The molecule has 1 saturated heterocycles. The molecule has 0 spiro atoms. The van der Waals surface area contributed by atoms with Crippen molar-refractivity contribution in [1.29, 1.82) is 0 Å². The minimum absolute atomic E-state index is 0.137. The zero-order valence-corrected chi connectivity index (χ0v) is 8.74. The topological polar surface area (TPSA) is 23.5 Å². The lowest BCUT2D eigenvalue weighted by molar-refractivity contribution is 0.175. The van der Waals surface area contributed by atoms with Crippen LogP contribution >= 0.6 is 11.6 Å². The van der Waals surface area contributed by atoms with E-state index in [-0.39, 0.29) is 6.10 Å². The van der Waals surface area contributed by atoms with Crippen molar-refractivity contribution in [2.24, 2.45) is 0 Å². The third-order valence-electron chi connectivity index (χ3n) is 2.57. The minimum atomic E-state index is -0.137. The van der Waals surface area contributed by atoms with Crippen LogP contribution in [0.2, 0.25) is 5.02 Å². The molecule has 1 aromatic carbocycles. The van der Waals surface area contributed by atoms with Crippen LogP contribution in [0, 0.1) is 0 Å². The summed E-state index contributed by atoms with van der Waals surface area (Å²) in [5.41, 5.74) is 1.25. The lowest BCUT2D eigenvalue weighted by Gasteiger charge is -2.14. The highest BCUT2D eigenvalue weighted by molar-refractivity contribution is 6.30. The third kappa shape index (κ3) is 2.47. The third-order valence-corrected chi connectivity index (χ3v) is 2.82. The van der Waals surface area contributed by atoms with Crippen molar-refractivity contribution in [3.05, 3.63) is 34.9 Å². The van der Waals surface area contributed by atoms with Crippen molar-refractivity contribution in [2.75, 3.05) is 13.1 Å². The molecule has 2 rings (SSSR count). The Bertz CT molecular complexity index is 299. The lowest BCUT2D eigenvalue weighted by atomic mass is 10.2. The van der Waals surface area contributed by atoms with E-state index < -0.39 is 0 Å². The number of rotatable bonds is 2. The van der Waals surface area contributed by atoms with Gasteiger partial charge in [0.1, 0.15) is 0 Å². The van der Waals surface area contributed by atoms with Crippen LogP contribution in [0.4, 0.5) is 0 Å². The van der Waals surface area contributed by atoms with E-state index in [0.717, 1.165) is 31.1 Å². The number of benzene rings is 1. The number of halogens is 1. The van der Waals surface area contributed by atoms with Gasteiger partial charge in [-0.1, -0.05) is 23.7 Å². The van der Waals surface area contributed by atoms with Gasteiger partial charge in [-0.25, -0.2) is 0 Å². The standard InChI is InChI=1S/C11H14ClNO/c12-10-3-1-9(2-4-10)7-13-6-5-11(14)8-13/h1-4,11,14H,5-8H2. The smallest absolute Gasteiger partial charge is 0.0679 e. The molecular formula is C11H14ClNO. The number of nitrogens with zero attached hydrogens (tertiary/aromatic N) is 1. The quantitative estimate of drug-likeness (QED) is 0.808. The summed E-state index contributed by atoms with van der Waals surface area (Å²) >= 11 is 5.80. The van der Waals surface area contributed by atoms with Crippen molar-refractivity contribution < 1.29 is 5.11 Å². The minimum Gasteiger partial charge on any atom is -0.392 e. The van der Waals surface area contributed by atoms with Gasteiger partial charge in [-0.3, -0.25) is 4.90 Å². The summed E-state index contributed by atoms with van der Waals surface area (Å²) in [5.74, 6) is 0. The molecule has 1 aliphatic rings. The molecule has 0 aromatic heterocycles. The van der Waals surface area contributed by atoms with Gasteiger partial charge in [-0.05, 0) is 24.1 Å². The van der Waals surface area contributed by atoms with Crippen molar-refractivity contribution in [1.82, 2.24) is 4.90 Å². The predicted octanol–water partition coefficient (Wildman–Crippen LogP) is 1.91. The molecule has 1 unspecified atom stereocenters. The first-order chi connectivity index (χ1) is 6.74. The van der Waals surface area contributed by atoms with E-state index in [0.29, 0.717) is 0 Å². The largest absolute Gasteiger partial charge is 0.392 e. The number of aliphatic hydroxyl groups excluding tert-OH is 1. The van der Waals surface area contributed by atoms with Crippen molar-refractivity contribution in [3.63, 3.8) is 0 Å². The Kier molecular flexibility index (Phi) is 3.06. The summed E-state index contributed by atoms with van der Waals surface area (Å²) in [5, 5.41) is 10.1. The van der Waals surface area contributed by atoms with Gasteiger partial charge >= 0.3 is 0 Å². The first-order valence-electron chi connectivity index (χ1n) is 4.89. The summed E-state index contributed by atoms with van der Waals surface area (Å²) in [6.45, 7) is 2.70. The van der Waals surface area contributed by atoms with E-state index in [1.54, 1.807) is 0 Å². The van der Waals surface area contributed by atoms with E-state index in [9.17, 15) is 5.11 Å². The molecule has 1 heterocycles. The Hall–Kier alpha value is -0.570. The van der Waals surface area contributed by atoms with Crippen LogP contribution in [-0.4, -0.2) is 29.2 Å². The second-order valence-corrected chi connectivity index (χ2v) is 4.24. The number of likely N-dealkylation sites (tertiary alicyclic amines) is 1. The van der Waals surface area contributed by atoms with Crippen LogP contribution in [0.3, 0.4) is 0 Å². The average Bonchev–Trinajstić information content (AvgIpc) is 2.56. The molecule has 0 aliphatic carbocycles. The first-order valence-corrected chi connectivity index (χ1v) is 5.27. The molecule has 0 saturated carbocycles. The highest BCUT2D eigenvalue weighted by Gasteiger charge is 2.19. The maximum atomic E-state index is 9.36. The zero-order chi connectivity index (χ0) is 9.97. The van der Waals surface area contributed by atoms with E-state index in [4.69, 9.17) is 11.6 Å². The Morgan fingerprint density at radius 2 is 2.07 bits per heavy atom. The molecule has 14 heavy (non-hydrogen) atoms. The van der Waals surface area contributed by atoms with Crippen LogP contribution in [0.25, 0.3) is 0 Å². The van der Waals surface area contributed by atoms with E-state index in [2.05, 4.69) is 4.90 Å². The maximum Gasteiger partial charge on any atom is 0.0679 e. The highest BCUT2D eigenvalue weighted by Crippen LogP contribution is 2.15. The first kappa shape index (κ1) is 9.97. The van der Waals surface area contributed by atoms with Gasteiger partial charge in [0.25, 0.3) is 0 Å². The molecule has 76 valence electrons. The fraction of sp³-hybridized carbons (Fsp3) is 0.455. The van der Waals surface area contributed by atoms with Crippen molar-refractivity contribution in [2.45, 2.75) is 19.1 Å². The zero-order valence-electron chi connectivity index (χ0n) is 7.99. The molecule has 1 aromatic rings. The molecular weight excluding hydrogens is 198 g/mol. The molecule has 1 atom stereocenters. The van der Waals surface area contributed by atoms with Crippen molar-refractivity contribution in [3.8, 4) is 0 Å². The SMILES string of the molecule is OC1CCN(Cc2ccc(Cl)cc2)C1. The normalized spacial score (nSPS) is 22.9. The Labute approximate surface area is 89.1 Å². The van der Waals surface area contributed by atoms with Gasteiger partial charge < -0.3 is 5.11 Å². The summed E-state index contributed by atoms with van der Waals surface area (Å²) < 4.78 is 0. The molecule has 0 bridgehead atoms. The fourth-order valence-corrected chi connectivity index (χ4v) is 1.93. The molecule has 0 radical (unpaired) electrons. The van der Waals surface area contributed by atoms with Crippen LogP contribution < -0.4 is 0 Å². The maximum absolute atomic E-state index is 9.36. The van der Waals surface area contributed by atoms with E-state index in [1.807, 2.05) is 24.3 Å². The molecule has 0 amide bonds. The summed E-state index contributed by atoms with van der Waals surface area (Å²) in [7, 11) is 0. The van der Waals surface area contributed by atoms with Crippen LogP contribution in [0.5, 0.6) is 0 Å². The number of hydrogen-bond donors (Lipinski definition) is 1. The monoisotopic (exact) mass is 211 g/mol. The Morgan fingerprint density at radius 3 is 2.64 bits per heavy atom. The van der Waals surface area contributed by atoms with Crippen LogP contribution in [-0.2, 0) is 6.54 Å². The van der Waals surface area contributed by atoms with Crippen molar-refractivity contribution >= 4 is 11.6 Å². The average molecular weight is 212 g/mol. The molecule has 2 nitrogen and oxygen atoms in total.